The van der Waals surface area contributed by atoms with Crippen LogP contribution in [0.2, 0.25) is 0 Å². The second kappa shape index (κ2) is 8.22. The molecule has 9 nitrogen and oxygen atoms in total. The largest absolute Gasteiger partial charge is 0.467 e. The second-order valence-electron chi connectivity index (χ2n) is 8.47. The van der Waals surface area contributed by atoms with E-state index in [9.17, 15) is 14.4 Å². The van der Waals surface area contributed by atoms with Crippen LogP contribution in [0.15, 0.2) is 0 Å². The minimum atomic E-state index is -0.902. The number of carbonyl (C=O) groups excluding carboxylic acids is 3. The smallest absolute Gasteiger partial charge is 0.408 e. The summed E-state index contributed by atoms with van der Waals surface area (Å²) in [4.78, 5) is 43.5. The number of nitrogens with two attached hydrogens (primary N) is 1. The molecule has 2 amide bonds. The van der Waals surface area contributed by atoms with Gasteiger partial charge >= 0.3 is 12.1 Å². The van der Waals surface area contributed by atoms with Gasteiger partial charge in [0.1, 0.15) is 17.7 Å². The van der Waals surface area contributed by atoms with Gasteiger partial charge in [-0.05, 0) is 26.2 Å². The highest BCUT2D eigenvalue weighted by molar-refractivity contribution is 5.91. The van der Waals surface area contributed by atoms with Gasteiger partial charge in [-0.3, -0.25) is 9.63 Å². The van der Waals surface area contributed by atoms with E-state index < -0.39 is 47.2 Å². The molecular formula is C17H31N3O6. The lowest BCUT2D eigenvalue weighted by atomic mass is 9.85. The third-order valence-corrected chi connectivity index (χ3v) is 3.99. The first-order chi connectivity index (χ1) is 11.8. The highest BCUT2D eigenvalue weighted by Gasteiger charge is 2.46. The molecule has 1 saturated heterocycles. The van der Waals surface area contributed by atoms with Gasteiger partial charge in [0.15, 0.2) is 0 Å². The molecule has 26 heavy (non-hydrogen) atoms. The predicted octanol–water partition coefficient (Wildman–Crippen LogP) is 0.959. The highest BCUT2D eigenvalue weighted by Crippen LogP contribution is 2.27. The maximum Gasteiger partial charge on any atom is 0.408 e. The van der Waals surface area contributed by atoms with Gasteiger partial charge in [0, 0.05) is 13.0 Å². The molecule has 1 aliphatic rings. The van der Waals surface area contributed by atoms with Crippen LogP contribution < -0.4 is 11.2 Å². The Morgan fingerprint density at radius 1 is 1.15 bits per heavy atom. The molecule has 1 heterocycles. The van der Waals surface area contributed by atoms with Crippen LogP contribution >= 0.6 is 0 Å². The average Bonchev–Trinajstić information content (AvgIpc) is 2.92. The molecule has 0 bridgehead atoms. The summed E-state index contributed by atoms with van der Waals surface area (Å²) in [5.41, 5.74) is -1.31. The molecule has 1 rings (SSSR count). The van der Waals surface area contributed by atoms with Crippen molar-refractivity contribution in [2.45, 2.75) is 71.8 Å². The quantitative estimate of drug-likeness (QED) is 0.556. The number of alkyl carbamates (subject to hydrolysis) is 1. The van der Waals surface area contributed by atoms with Crippen molar-refractivity contribution in [3.63, 3.8) is 0 Å². The van der Waals surface area contributed by atoms with Gasteiger partial charge in [-0.1, -0.05) is 20.8 Å². The highest BCUT2D eigenvalue weighted by atomic mass is 16.6. The molecule has 0 saturated carbocycles. The summed E-state index contributed by atoms with van der Waals surface area (Å²) in [6.45, 7) is 10.8. The molecule has 0 spiro atoms. The van der Waals surface area contributed by atoms with Gasteiger partial charge in [0.2, 0.25) is 5.91 Å². The third kappa shape index (κ3) is 5.84. The summed E-state index contributed by atoms with van der Waals surface area (Å²) < 4.78 is 10.0. The van der Waals surface area contributed by atoms with E-state index in [0.29, 0.717) is 0 Å². The van der Waals surface area contributed by atoms with E-state index in [0.717, 1.165) is 0 Å². The molecule has 0 aromatic heterocycles. The van der Waals surface area contributed by atoms with Crippen LogP contribution in [0, 0.1) is 5.41 Å². The fraction of sp³-hybridized carbons (Fsp3) is 0.824. The number of rotatable bonds is 4. The molecule has 9 heteroatoms. The molecular weight excluding hydrogens is 342 g/mol. The van der Waals surface area contributed by atoms with Gasteiger partial charge in [0.25, 0.3) is 0 Å². The van der Waals surface area contributed by atoms with Gasteiger partial charge < -0.3 is 19.7 Å². The molecule has 3 N–H and O–H groups in total. The summed E-state index contributed by atoms with van der Waals surface area (Å²) in [6.07, 6.45) is -0.950. The van der Waals surface area contributed by atoms with Crippen LogP contribution in [0.1, 0.15) is 48.0 Å². The molecule has 0 aromatic carbocycles. The van der Waals surface area contributed by atoms with E-state index in [2.05, 4.69) is 5.32 Å². The maximum atomic E-state index is 13.1. The van der Waals surface area contributed by atoms with Crippen LogP contribution in [-0.4, -0.2) is 60.3 Å². The predicted molar refractivity (Wildman–Crippen MR) is 93.8 cm³/mol. The van der Waals surface area contributed by atoms with Crippen molar-refractivity contribution in [2.24, 2.45) is 11.3 Å². The molecule has 150 valence electrons. The van der Waals surface area contributed by atoms with E-state index in [4.69, 9.17) is 20.2 Å². The van der Waals surface area contributed by atoms with E-state index in [1.807, 2.05) is 20.8 Å². The molecule has 1 aliphatic heterocycles. The zero-order chi connectivity index (χ0) is 20.3. The number of likely N-dealkylation sites (tertiary alicyclic amines) is 1. The van der Waals surface area contributed by atoms with Crippen molar-refractivity contribution in [2.75, 3.05) is 13.7 Å². The SMILES string of the molecule is COC(=O)[C@@H]1C[C@@H](ON)CN1C(=O)[C@@H](NC(=O)OC(C)(C)C)C(C)(C)C. The van der Waals surface area contributed by atoms with Crippen LogP contribution in [0.25, 0.3) is 0 Å². The van der Waals surface area contributed by atoms with Gasteiger partial charge in [-0.15, -0.1) is 0 Å². The first-order valence-electron chi connectivity index (χ1n) is 8.53. The van der Waals surface area contributed by atoms with Crippen molar-refractivity contribution in [3.05, 3.63) is 0 Å². The number of methoxy groups -OCH3 is 1. The average molecular weight is 373 g/mol. The Hall–Kier alpha value is -1.87. The van der Waals surface area contributed by atoms with Crippen molar-refractivity contribution >= 4 is 18.0 Å². The molecule has 0 unspecified atom stereocenters. The van der Waals surface area contributed by atoms with E-state index >= 15 is 0 Å². The van der Waals surface area contributed by atoms with Gasteiger partial charge in [-0.25, -0.2) is 15.5 Å². The fourth-order valence-corrected chi connectivity index (χ4v) is 2.74. The molecule has 0 aliphatic carbocycles. The van der Waals surface area contributed by atoms with Crippen LogP contribution in [0.4, 0.5) is 4.79 Å². The lowest BCUT2D eigenvalue weighted by molar-refractivity contribution is -0.152. The number of hydrogen-bond donors (Lipinski definition) is 2. The third-order valence-electron chi connectivity index (χ3n) is 3.99. The Morgan fingerprint density at radius 2 is 1.73 bits per heavy atom. The first kappa shape index (κ1) is 22.2. The number of ether oxygens (including phenoxy) is 2. The Bertz CT molecular complexity index is 538. The minimum absolute atomic E-state index is 0.137. The van der Waals surface area contributed by atoms with Crippen LogP contribution in [0.3, 0.4) is 0 Å². The molecule has 0 aromatic rings. The van der Waals surface area contributed by atoms with Crippen molar-refractivity contribution in [1.82, 2.24) is 10.2 Å². The number of amides is 2. The Kier molecular flexibility index (Phi) is 7.01. The zero-order valence-electron chi connectivity index (χ0n) is 16.6. The van der Waals surface area contributed by atoms with Gasteiger partial charge in [0.05, 0.1) is 13.2 Å². The number of hydrogen-bond acceptors (Lipinski definition) is 7. The minimum Gasteiger partial charge on any atom is -0.467 e. The van der Waals surface area contributed by atoms with Crippen LogP contribution in [-0.2, 0) is 23.9 Å². The molecule has 3 atom stereocenters. The normalized spacial score (nSPS) is 21.9. The van der Waals surface area contributed by atoms with E-state index in [1.165, 1.54) is 12.0 Å². The number of nitrogens with zero attached hydrogens (tertiary/aromatic N) is 1. The lowest BCUT2D eigenvalue weighted by Gasteiger charge is -2.35. The maximum absolute atomic E-state index is 13.1. The Labute approximate surface area is 154 Å². The summed E-state index contributed by atoms with van der Waals surface area (Å²) in [6, 6.07) is -1.72. The monoisotopic (exact) mass is 373 g/mol. The first-order valence-corrected chi connectivity index (χ1v) is 8.53. The summed E-state index contributed by atoms with van der Waals surface area (Å²) in [5.74, 6) is 4.26. The second-order valence-corrected chi connectivity index (χ2v) is 8.47. The van der Waals surface area contributed by atoms with Crippen molar-refractivity contribution < 1.29 is 28.7 Å². The Morgan fingerprint density at radius 3 is 2.15 bits per heavy atom. The van der Waals surface area contributed by atoms with Gasteiger partial charge in [-0.2, -0.15) is 0 Å². The van der Waals surface area contributed by atoms with Crippen molar-refractivity contribution in [1.29, 1.82) is 0 Å². The summed E-state index contributed by atoms with van der Waals surface area (Å²) in [5, 5.41) is 2.62. The zero-order valence-corrected chi connectivity index (χ0v) is 16.6. The lowest BCUT2D eigenvalue weighted by Crippen LogP contribution is -2.57. The number of carbonyl (C=O) groups is 3. The topological polar surface area (TPSA) is 120 Å². The number of nitrogens with one attached hydrogen (secondary N) is 1. The van der Waals surface area contributed by atoms with Crippen LogP contribution in [0.5, 0.6) is 0 Å². The molecule has 0 radical (unpaired) electrons. The Balaban J connectivity index is 3.04. The summed E-state index contributed by atoms with van der Waals surface area (Å²) >= 11 is 0. The van der Waals surface area contributed by atoms with E-state index in [-0.39, 0.29) is 13.0 Å². The molecule has 1 fully saturated rings. The summed E-state index contributed by atoms with van der Waals surface area (Å²) in [7, 11) is 1.25. The standard InChI is InChI=1S/C17H31N3O6/c1-16(2,3)12(19-15(23)25-17(4,5)6)13(21)20-9-10(26-18)8-11(20)14(22)24-7/h10-12H,8-9,18H2,1-7H3,(H,19,23)/t10-,11+,12-/m1/s1. The fourth-order valence-electron chi connectivity index (χ4n) is 2.74. The van der Waals surface area contributed by atoms with Crippen molar-refractivity contribution in [3.8, 4) is 0 Å². The van der Waals surface area contributed by atoms with E-state index in [1.54, 1.807) is 20.8 Å². The number of esters is 1.